The van der Waals surface area contributed by atoms with Crippen molar-refractivity contribution in [3.05, 3.63) is 24.6 Å². The predicted molar refractivity (Wildman–Crippen MR) is 71.9 cm³/mol. The summed E-state index contributed by atoms with van der Waals surface area (Å²) >= 11 is 0. The van der Waals surface area contributed by atoms with Gasteiger partial charge in [0.15, 0.2) is 0 Å². The molecule has 0 amide bonds. The Morgan fingerprint density at radius 1 is 1.00 bits per heavy atom. The number of hydrogen-bond donors (Lipinski definition) is 1. The number of nitrogens with one attached hydrogen (secondary N) is 1. The fourth-order valence-electron chi connectivity index (χ4n) is 2.91. The number of hydrogen-bond acceptors (Lipinski definition) is 1. The Bertz CT molecular complexity index is 298. The third-order valence-electron chi connectivity index (χ3n) is 3.63. The molecule has 0 aromatic rings. The van der Waals surface area contributed by atoms with Gasteiger partial charge in [-0.3, -0.25) is 0 Å². The summed E-state index contributed by atoms with van der Waals surface area (Å²) in [6.45, 7) is 22.2. The third kappa shape index (κ3) is 2.69. The normalized spacial score (nSPS) is 27.9. The molecule has 2 unspecified atom stereocenters. The molecule has 1 aliphatic rings. The Hall–Kier alpha value is -0.720. The van der Waals surface area contributed by atoms with Gasteiger partial charge in [0.2, 0.25) is 0 Å². The molecule has 0 aliphatic carbocycles. The van der Waals surface area contributed by atoms with Crippen LogP contribution in [0, 0.1) is 22.7 Å². The molecule has 1 rings (SSSR count). The van der Waals surface area contributed by atoms with Gasteiger partial charge in [-0.15, -0.1) is 0 Å². The number of allylic oxidation sites excluding steroid dienone is 2. The molecular formula is C15H27N. The van der Waals surface area contributed by atoms with Crippen LogP contribution in [0.2, 0.25) is 0 Å². The van der Waals surface area contributed by atoms with Crippen molar-refractivity contribution in [2.24, 2.45) is 22.7 Å². The standard InChI is InChI=1S/C15H27N/c1-10-9-12(14(3,4)5)13(11(2)16-10)15(6,7)8/h12-13,16H,1-2,9H2,3-8H3. The Balaban J connectivity index is 3.09. The lowest BCUT2D eigenvalue weighted by molar-refractivity contribution is 0.0801. The van der Waals surface area contributed by atoms with Crippen molar-refractivity contribution in [2.75, 3.05) is 0 Å². The minimum Gasteiger partial charge on any atom is -0.363 e. The van der Waals surface area contributed by atoms with Crippen LogP contribution in [0.5, 0.6) is 0 Å². The second kappa shape index (κ2) is 3.94. The molecule has 1 N–H and O–H groups in total. The fourth-order valence-corrected chi connectivity index (χ4v) is 2.91. The highest BCUT2D eigenvalue weighted by Crippen LogP contribution is 2.48. The van der Waals surface area contributed by atoms with Crippen molar-refractivity contribution < 1.29 is 0 Å². The van der Waals surface area contributed by atoms with Crippen LogP contribution in [-0.2, 0) is 0 Å². The lowest BCUT2D eigenvalue weighted by Crippen LogP contribution is -2.44. The van der Waals surface area contributed by atoms with Crippen LogP contribution in [0.15, 0.2) is 24.6 Å². The summed E-state index contributed by atoms with van der Waals surface area (Å²) in [5.41, 5.74) is 2.81. The third-order valence-corrected chi connectivity index (χ3v) is 3.63. The van der Waals surface area contributed by atoms with E-state index in [0.717, 1.165) is 17.8 Å². The summed E-state index contributed by atoms with van der Waals surface area (Å²) in [5.74, 6) is 1.13. The zero-order valence-electron chi connectivity index (χ0n) is 11.8. The molecule has 0 bridgehead atoms. The average molecular weight is 221 g/mol. The molecule has 1 fully saturated rings. The van der Waals surface area contributed by atoms with Crippen molar-refractivity contribution in [1.82, 2.24) is 5.32 Å². The van der Waals surface area contributed by atoms with Gasteiger partial charge in [0.05, 0.1) is 0 Å². The highest BCUT2D eigenvalue weighted by atomic mass is 14.9. The lowest BCUT2D eigenvalue weighted by atomic mass is 9.60. The predicted octanol–water partition coefficient (Wildman–Crippen LogP) is 4.33. The monoisotopic (exact) mass is 221 g/mol. The maximum atomic E-state index is 4.20. The molecule has 92 valence electrons. The first kappa shape index (κ1) is 13.3. The zero-order valence-corrected chi connectivity index (χ0v) is 11.8. The quantitative estimate of drug-likeness (QED) is 0.642. The second-order valence-corrected chi connectivity index (χ2v) is 7.27. The van der Waals surface area contributed by atoms with Crippen LogP contribution in [0.4, 0.5) is 0 Å². The Labute approximate surface area is 101 Å². The lowest BCUT2D eigenvalue weighted by Gasteiger charge is -2.48. The van der Waals surface area contributed by atoms with Gasteiger partial charge in [0.1, 0.15) is 0 Å². The van der Waals surface area contributed by atoms with E-state index in [9.17, 15) is 0 Å². The molecule has 2 atom stereocenters. The van der Waals surface area contributed by atoms with Crippen LogP contribution in [0.1, 0.15) is 48.0 Å². The summed E-state index contributed by atoms with van der Waals surface area (Å²) in [4.78, 5) is 0. The van der Waals surface area contributed by atoms with Crippen LogP contribution in [0.25, 0.3) is 0 Å². The molecule has 1 aliphatic heterocycles. The summed E-state index contributed by atoms with van der Waals surface area (Å²) in [6.07, 6.45) is 1.06. The molecular weight excluding hydrogens is 194 g/mol. The fraction of sp³-hybridized carbons (Fsp3) is 0.733. The van der Waals surface area contributed by atoms with E-state index in [0.29, 0.717) is 17.3 Å². The summed E-state index contributed by atoms with van der Waals surface area (Å²) in [7, 11) is 0. The van der Waals surface area contributed by atoms with Gasteiger partial charge in [-0.1, -0.05) is 54.7 Å². The zero-order chi connectivity index (χ0) is 12.7. The van der Waals surface area contributed by atoms with Crippen molar-refractivity contribution in [2.45, 2.75) is 48.0 Å². The largest absolute Gasteiger partial charge is 0.363 e. The molecule has 16 heavy (non-hydrogen) atoms. The van der Waals surface area contributed by atoms with Gasteiger partial charge < -0.3 is 5.32 Å². The molecule has 0 aromatic carbocycles. The average Bonchev–Trinajstić information content (AvgIpc) is 1.97. The molecule has 0 radical (unpaired) electrons. The van der Waals surface area contributed by atoms with E-state index in [4.69, 9.17) is 0 Å². The van der Waals surface area contributed by atoms with E-state index in [1.54, 1.807) is 0 Å². The maximum absolute atomic E-state index is 4.20. The van der Waals surface area contributed by atoms with Crippen LogP contribution < -0.4 is 5.32 Å². The van der Waals surface area contributed by atoms with Crippen molar-refractivity contribution >= 4 is 0 Å². The van der Waals surface area contributed by atoms with Gasteiger partial charge in [0, 0.05) is 17.3 Å². The summed E-state index contributed by atoms with van der Waals surface area (Å²) in [5, 5.41) is 3.35. The minimum absolute atomic E-state index is 0.253. The Morgan fingerprint density at radius 2 is 1.50 bits per heavy atom. The van der Waals surface area contributed by atoms with Gasteiger partial charge in [-0.25, -0.2) is 0 Å². The molecule has 1 heteroatoms. The summed E-state index contributed by atoms with van der Waals surface area (Å²) < 4.78 is 0. The van der Waals surface area contributed by atoms with E-state index < -0.39 is 0 Å². The Morgan fingerprint density at radius 3 is 1.88 bits per heavy atom. The van der Waals surface area contributed by atoms with E-state index in [1.165, 1.54) is 0 Å². The van der Waals surface area contributed by atoms with Crippen molar-refractivity contribution in [3.8, 4) is 0 Å². The number of rotatable bonds is 0. The second-order valence-electron chi connectivity index (χ2n) is 7.27. The number of piperidine rings is 1. The first-order valence-corrected chi connectivity index (χ1v) is 6.17. The highest BCUT2D eigenvalue weighted by Gasteiger charge is 2.42. The molecule has 1 saturated heterocycles. The van der Waals surface area contributed by atoms with Gasteiger partial charge in [0.25, 0.3) is 0 Å². The summed E-state index contributed by atoms with van der Waals surface area (Å²) in [6, 6.07) is 0. The van der Waals surface area contributed by atoms with Crippen molar-refractivity contribution in [1.29, 1.82) is 0 Å². The SMILES string of the molecule is C=C1CC(C(C)(C)C)C(C(C)(C)C)C(=C)N1. The smallest absolute Gasteiger partial charge is 0.0115 e. The molecule has 0 aromatic heterocycles. The van der Waals surface area contributed by atoms with Gasteiger partial charge in [-0.05, 0) is 23.2 Å². The first-order valence-electron chi connectivity index (χ1n) is 6.17. The molecule has 0 saturated carbocycles. The van der Waals surface area contributed by atoms with Crippen LogP contribution in [0.3, 0.4) is 0 Å². The minimum atomic E-state index is 0.253. The maximum Gasteiger partial charge on any atom is 0.0115 e. The van der Waals surface area contributed by atoms with Crippen LogP contribution >= 0.6 is 0 Å². The molecule has 0 spiro atoms. The highest BCUT2D eigenvalue weighted by molar-refractivity contribution is 5.19. The van der Waals surface area contributed by atoms with E-state index in [1.807, 2.05) is 0 Å². The van der Waals surface area contributed by atoms with Crippen LogP contribution in [-0.4, -0.2) is 0 Å². The Kier molecular flexibility index (Phi) is 3.29. The first-order chi connectivity index (χ1) is 7.03. The molecule has 1 nitrogen and oxygen atoms in total. The van der Waals surface area contributed by atoms with Gasteiger partial charge in [-0.2, -0.15) is 0 Å². The van der Waals surface area contributed by atoms with E-state index >= 15 is 0 Å². The van der Waals surface area contributed by atoms with Crippen molar-refractivity contribution in [3.63, 3.8) is 0 Å². The molecule has 1 heterocycles. The van der Waals surface area contributed by atoms with Gasteiger partial charge >= 0.3 is 0 Å². The van der Waals surface area contributed by atoms with E-state index in [2.05, 4.69) is 60.0 Å². The topological polar surface area (TPSA) is 12.0 Å². The van der Waals surface area contributed by atoms with E-state index in [-0.39, 0.29) is 5.41 Å².